The topological polar surface area (TPSA) is 69.0 Å². The van der Waals surface area contributed by atoms with Crippen LogP contribution >= 0.6 is 23.4 Å². The molecule has 1 aromatic heterocycles. The number of amides is 1. The first-order valence-electron chi connectivity index (χ1n) is 8.54. The number of nitrogens with zero attached hydrogens (tertiary/aromatic N) is 3. The summed E-state index contributed by atoms with van der Waals surface area (Å²) in [5.41, 5.74) is 0.540. The second kappa shape index (κ2) is 9.57. The molecule has 0 aliphatic carbocycles. The lowest BCUT2D eigenvalue weighted by Gasteiger charge is -2.10. The molecule has 9 heteroatoms. The first-order chi connectivity index (χ1) is 13.6. The summed E-state index contributed by atoms with van der Waals surface area (Å²) in [6.45, 7) is 2.81. The normalized spacial score (nSPS) is 10.7. The van der Waals surface area contributed by atoms with Gasteiger partial charge in [0.25, 0.3) is 0 Å². The average molecular weight is 421 g/mol. The molecule has 0 unspecified atom stereocenters. The van der Waals surface area contributed by atoms with Crippen LogP contribution < -0.4 is 10.1 Å². The smallest absolute Gasteiger partial charge is 0.234 e. The molecule has 0 bridgehead atoms. The number of ether oxygens (including phenoxy) is 1. The first kappa shape index (κ1) is 20.2. The first-order valence-corrected chi connectivity index (χ1v) is 9.90. The standard InChI is InChI=1S/C19H18ClFN4O2S/c1-2-25-17(11-27-16-6-4-3-5-15(16)20)23-24-19(25)28-12-18(26)22-14-9-7-13(21)8-10-14/h3-10H,2,11-12H2,1H3,(H,22,26). The second-order valence-corrected chi connectivity index (χ2v) is 7.06. The zero-order valence-corrected chi connectivity index (χ0v) is 16.6. The minimum atomic E-state index is -0.352. The van der Waals surface area contributed by atoms with E-state index in [9.17, 15) is 9.18 Å². The predicted molar refractivity (Wildman–Crippen MR) is 107 cm³/mol. The van der Waals surface area contributed by atoms with Crippen LogP contribution in [0.5, 0.6) is 5.75 Å². The van der Waals surface area contributed by atoms with Crippen LogP contribution in [-0.2, 0) is 17.9 Å². The van der Waals surface area contributed by atoms with E-state index in [2.05, 4.69) is 15.5 Å². The zero-order valence-electron chi connectivity index (χ0n) is 15.1. The van der Waals surface area contributed by atoms with Gasteiger partial charge in [-0.25, -0.2) is 4.39 Å². The molecule has 0 radical (unpaired) electrons. The van der Waals surface area contributed by atoms with Crippen molar-refractivity contribution >= 4 is 35.0 Å². The molecular formula is C19H18ClFN4O2S. The monoisotopic (exact) mass is 420 g/mol. The summed E-state index contributed by atoms with van der Waals surface area (Å²) in [7, 11) is 0. The predicted octanol–water partition coefficient (Wildman–Crippen LogP) is 4.40. The Kier molecular flexibility index (Phi) is 6.89. The van der Waals surface area contributed by atoms with Crippen LogP contribution in [0.25, 0.3) is 0 Å². The van der Waals surface area contributed by atoms with Crippen LogP contribution in [0.15, 0.2) is 53.7 Å². The Hall–Kier alpha value is -2.58. The molecule has 0 saturated carbocycles. The third kappa shape index (κ3) is 5.24. The van der Waals surface area contributed by atoms with E-state index in [1.165, 1.54) is 36.0 Å². The van der Waals surface area contributed by atoms with Crippen LogP contribution in [0, 0.1) is 5.82 Å². The van der Waals surface area contributed by atoms with Crippen LogP contribution in [0.1, 0.15) is 12.7 Å². The molecule has 1 amide bonds. The number of thioether (sulfide) groups is 1. The van der Waals surface area contributed by atoms with Gasteiger partial charge in [-0.2, -0.15) is 0 Å². The molecule has 0 aliphatic rings. The highest BCUT2D eigenvalue weighted by atomic mass is 35.5. The van der Waals surface area contributed by atoms with Gasteiger partial charge in [0.1, 0.15) is 18.2 Å². The van der Waals surface area contributed by atoms with Gasteiger partial charge in [0.2, 0.25) is 5.91 Å². The summed E-state index contributed by atoms with van der Waals surface area (Å²) in [6, 6.07) is 12.8. The molecule has 0 spiro atoms. The number of rotatable bonds is 8. The van der Waals surface area contributed by atoms with Crippen LogP contribution in [0.2, 0.25) is 5.02 Å². The lowest BCUT2D eigenvalue weighted by atomic mass is 10.3. The maximum absolute atomic E-state index is 12.9. The molecule has 1 heterocycles. The Bertz CT molecular complexity index is 949. The number of nitrogens with one attached hydrogen (secondary N) is 1. The molecule has 0 fully saturated rings. The maximum Gasteiger partial charge on any atom is 0.234 e. The second-order valence-electron chi connectivity index (χ2n) is 5.71. The van der Waals surface area contributed by atoms with Gasteiger partial charge < -0.3 is 14.6 Å². The molecule has 28 heavy (non-hydrogen) atoms. The summed E-state index contributed by atoms with van der Waals surface area (Å²) < 4.78 is 20.5. The molecule has 0 aliphatic heterocycles. The Morgan fingerprint density at radius 3 is 2.68 bits per heavy atom. The van der Waals surface area contributed by atoms with Gasteiger partial charge in [0, 0.05) is 12.2 Å². The number of para-hydroxylation sites is 1. The van der Waals surface area contributed by atoms with Crippen LogP contribution in [-0.4, -0.2) is 26.4 Å². The molecular weight excluding hydrogens is 403 g/mol. The van der Waals surface area contributed by atoms with Crippen molar-refractivity contribution in [3.05, 3.63) is 65.2 Å². The molecule has 6 nitrogen and oxygen atoms in total. The SMILES string of the molecule is CCn1c(COc2ccccc2Cl)nnc1SCC(=O)Nc1ccc(F)cc1. The molecule has 3 aromatic rings. The molecule has 0 atom stereocenters. The summed E-state index contributed by atoms with van der Waals surface area (Å²) in [5.74, 6) is 0.804. The van der Waals surface area contributed by atoms with Gasteiger partial charge in [-0.3, -0.25) is 4.79 Å². The van der Waals surface area contributed by atoms with E-state index in [1.54, 1.807) is 12.1 Å². The van der Waals surface area contributed by atoms with Crippen molar-refractivity contribution in [2.24, 2.45) is 0 Å². The van der Waals surface area contributed by atoms with E-state index < -0.39 is 0 Å². The summed E-state index contributed by atoms with van der Waals surface area (Å²) in [5, 5.41) is 12.2. The molecule has 2 aromatic carbocycles. The van der Waals surface area contributed by atoms with Gasteiger partial charge in [0.15, 0.2) is 11.0 Å². The number of hydrogen-bond acceptors (Lipinski definition) is 5. The number of anilines is 1. The van der Waals surface area contributed by atoms with Gasteiger partial charge in [-0.15, -0.1) is 10.2 Å². The minimum absolute atomic E-state index is 0.154. The fraction of sp³-hybridized carbons (Fsp3) is 0.211. The minimum Gasteiger partial charge on any atom is -0.484 e. The van der Waals surface area contributed by atoms with Gasteiger partial charge >= 0.3 is 0 Å². The number of carbonyl (C=O) groups excluding carboxylic acids is 1. The van der Waals surface area contributed by atoms with Crippen LogP contribution in [0.4, 0.5) is 10.1 Å². The highest BCUT2D eigenvalue weighted by Gasteiger charge is 2.14. The van der Waals surface area contributed by atoms with E-state index >= 15 is 0 Å². The largest absolute Gasteiger partial charge is 0.484 e. The number of aromatic nitrogens is 3. The quantitative estimate of drug-likeness (QED) is 0.547. The highest BCUT2D eigenvalue weighted by molar-refractivity contribution is 7.99. The summed E-state index contributed by atoms with van der Waals surface area (Å²) in [4.78, 5) is 12.1. The van der Waals surface area contributed by atoms with Crippen molar-refractivity contribution in [1.29, 1.82) is 0 Å². The fourth-order valence-corrected chi connectivity index (χ4v) is 3.43. The van der Waals surface area contributed by atoms with Gasteiger partial charge in [0.05, 0.1) is 10.8 Å². The van der Waals surface area contributed by atoms with Crippen molar-refractivity contribution < 1.29 is 13.9 Å². The molecule has 3 rings (SSSR count). The third-order valence-electron chi connectivity index (χ3n) is 3.76. The number of halogens is 2. The van der Waals surface area contributed by atoms with Gasteiger partial charge in [-0.05, 0) is 43.3 Å². The number of carbonyl (C=O) groups is 1. The van der Waals surface area contributed by atoms with Crippen LogP contribution in [0.3, 0.4) is 0 Å². The summed E-state index contributed by atoms with van der Waals surface area (Å²) >= 11 is 7.36. The lowest BCUT2D eigenvalue weighted by molar-refractivity contribution is -0.113. The Labute approximate surface area is 171 Å². The highest BCUT2D eigenvalue weighted by Crippen LogP contribution is 2.24. The van der Waals surface area contributed by atoms with E-state index in [1.807, 2.05) is 23.6 Å². The summed E-state index contributed by atoms with van der Waals surface area (Å²) in [6.07, 6.45) is 0. The Balaban J connectivity index is 1.58. The van der Waals surface area contributed by atoms with Gasteiger partial charge in [-0.1, -0.05) is 35.5 Å². The number of hydrogen-bond donors (Lipinski definition) is 1. The third-order valence-corrected chi connectivity index (χ3v) is 5.04. The van der Waals surface area contributed by atoms with Crippen molar-refractivity contribution in [3.8, 4) is 5.75 Å². The van der Waals surface area contributed by atoms with E-state index in [-0.39, 0.29) is 24.1 Å². The maximum atomic E-state index is 12.9. The van der Waals surface area contributed by atoms with Crippen molar-refractivity contribution in [2.75, 3.05) is 11.1 Å². The van der Waals surface area contributed by atoms with E-state index in [4.69, 9.17) is 16.3 Å². The van der Waals surface area contributed by atoms with Crippen molar-refractivity contribution in [2.45, 2.75) is 25.2 Å². The lowest BCUT2D eigenvalue weighted by Crippen LogP contribution is -2.15. The Morgan fingerprint density at radius 1 is 1.21 bits per heavy atom. The van der Waals surface area contributed by atoms with Crippen molar-refractivity contribution in [1.82, 2.24) is 14.8 Å². The van der Waals surface area contributed by atoms with E-state index in [0.29, 0.717) is 34.0 Å². The van der Waals surface area contributed by atoms with E-state index in [0.717, 1.165) is 0 Å². The molecule has 1 N–H and O–H groups in total. The zero-order chi connectivity index (χ0) is 19.9. The molecule has 146 valence electrons. The average Bonchev–Trinajstić information content (AvgIpc) is 3.09. The molecule has 0 saturated heterocycles. The number of benzene rings is 2. The Morgan fingerprint density at radius 2 is 1.96 bits per heavy atom. The van der Waals surface area contributed by atoms with Crippen molar-refractivity contribution in [3.63, 3.8) is 0 Å². The fourth-order valence-electron chi connectivity index (χ4n) is 2.41.